The number of carbonyl (C=O) groups excluding carboxylic acids is 2. The Morgan fingerprint density at radius 1 is 1.17 bits per heavy atom. The maximum atomic E-state index is 11.9. The molecule has 6 heteroatoms. The molecule has 0 heterocycles. The van der Waals surface area contributed by atoms with E-state index in [0.717, 1.165) is 0 Å². The van der Waals surface area contributed by atoms with Crippen molar-refractivity contribution in [1.82, 2.24) is 0 Å². The Bertz CT molecular complexity index is 449. The van der Waals surface area contributed by atoms with Gasteiger partial charge in [0.15, 0.2) is 5.78 Å². The molecule has 1 aromatic carbocycles. The highest BCUT2D eigenvalue weighted by Gasteiger charge is 2.19. The number of halogens is 3. The van der Waals surface area contributed by atoms with Crippen LogP contribution in [0.2, 0.25) is 15.1 Å². The Hall–Kier alpha value is -0.770. The first-order chi connectivity index (χ1) is 8.45. The maximum Gasteiger partial charge on any atom is 0.313 e. The molecule has 0 unspecified atom stereocenters. The van der Waals surface area contributed by atoms with Crippen molar-refractivity contribution in [1.29, 1.82) is 0 Å². The minimum Gasteiger partial charge on any atom is -0.465 e. The number of hydrogen-bond donors (Lipinski definition) is 0. The summed E-state index contributed by atoms with van der Waals surface area (Å²) in [7, 11) is 0. The molecular formula is C12H11Cl3O3. The quantitative estimate of drug-likeness (QED) is 0.466. The third-order valence-corrected chi connectivity index (χ3v) is 2.87. The van der Waals surface area contributed by atoms with Crippen molar-refractivity contribution in [2.24, 2.45) is 0 Å². The lowest BCUT2D eigenvalue weighted by molar-refractivity contribution is -0.142. The average molecular weight is 310 g/mol. The van der Waals surface area contributed by atoms with Crippen molar-refractivity contribution < 1.29 is 14.3 Å². The zero-order chi connectivity index (χ0) is 13.7. The fourth-order valence-corrected chi connectivity index (χ4v) is 2.32. The monoisotopic (exact) mass is 308 g/mol. The van der Waals surface area contributed by atoms with Gasteiger partial charge in [0.1, 0.15) is 6.42 Å². The number of ketones is 1. The fourth-order valence-electron chi connectivity index (χ4n) is 1.29. The van der Waals surface area contributed by atoms with Crippen LogP contribution in [0.5, 0.6) is 0 Å². The summed E-state index contributed by atoms with van der Waals surface area (Å²) in [6.07, 6.45) is 0.309. The number of hydrogen-bond acceptors (Lipinski definition) is 3. The zero-order valence-electron chi connectivity index (χ0n) is 9.63. The molecule has 18 heavy (non-hydrogen) atoms. The van der Waals surface area contributed by atoms with E-state index in [-0.39, 0.29) is 28.6 Å². The van der Waals surface area contributed by atoms with Crippen molar-refractivity contribution >= 4 is 46.6 Å². The minimum atomic E-state index is -0.594. The standard InChI is InChI=1S/C12H11Cl3O3/c1-2-3-18-11(17)6-10(16)12-8(14)4-7(13)5-9(12)15/h4-5H,2-3,6H2,1H3. The van der Waals surface area contributed by atoms with Crippen LogP contribution < -0.4 is 0 Å². The van der Waals surface area contributed by atoms with Crippen LogP contribution in [0.1, 0.15) is 30.1 Å². The van der Waals surface area contributed by atoms with E-state index in [2.05, 4.69) is 0 Å². The van der Waals surface area contributed by atoms with Crippen LogP contribution in [0.25, 0.3) is 0 Å². The first-order valence-electron chi connectivity index (χ1n) is 5.29. The highest BCUT2D eigenvalue weighted by molar-refractivity contribution is 6.42. The molecular weight excluding hydrogens is 298 g/mol. The molecule has 0 aromatic heterocycles. The van der Waals surface area contributed by atoms with E-state index in [9.17, 15) is 9.59 Å². The largest absolute Gasteiger partial charge is 0.465 e. The lowest BCUT2D eigenvalue weighted by Crippen LogP contribution is -2.12. The number of benzene rings is 1. The third-order valence-electron chi connectivity index (χ3n) is 2.06. The van der Waals surface area contributed by atoms with Crippen LogP contribution in [0.4, 0.5) is 0 Å². The minimum absolute atomic E-state index is 0.0937. The molecule has 0 aliphatic carbocycles. The molecule has 0 aliphatic rings. The topological polar surface area (TPSA) is 43.4 Å². The van der Waals surface area contributed by atoms with Crippen LogP contribution in [-0.2, 0) is 9.53 Å². The van der Waals surface area contributed by atoms with Gasteiger partial charge in [-0.2, -0.15) is 0 Å². The molecule has 0 atom stereocenters. The van der Waals surface area contributed by atoms with Gasteiger partial charge >= 0.3 is 5.97 Å². The van der Waals surface area contributed by atoms with Crippen molar-refractivity contribution in [2.45, 2.75) is 19.8 Å². The maximum absolute atomic E-state index is 11.9. The Kier molecular flexibility index (Phi) is 5.93. The van der Waals surface area contributed by atoms with Crippen LogP contribution in [0.15, 0.2) is 12.1 Å². The van der Waals surface area contributed by atoms with Gasteiger partial charge in [-0.1, -0.05) is 41.7 Å². The van der Waals surface area contributed by atoms with Crippen molar-refractivity contribution in [3.8, 4) is 0 Å². The Balaban J connectivity index is 2.82. The lowest BCUT2D eigenvalue weighted by Gasteiger charge is -2.07. The number of Topliss-reactive ketones (excluding diaryl/α,β-unsaturated/α-hetero) is 1. The summed E-state index contributed by atoms with van der Waals surface area (Å²) in [5, 5.41) is 0.580. The van der Waals surface area contributed by atoms with Crippen molar-refractivity contribution in [3.63, 3.8) is 0 Å². The molecule has 0 amide bonds. The summed E-state index contributed by atoms with van der Waals surface area (Å²) in [5.41, 5.74) is 0.0937. The smallest absolute Gasteiger partial charge is 0.313 e. The van der Waals surface area contributed by atoms with Crippen LogP contribution in [0.3, 0.4) is 0 Å². The van der Waals surface area contributed by atoms with Crippen LogP contribution in [0, 0.1) is 0 Å². The molecule has 0 aliphatic heterocycles. The molecule has 1 rings (SSSR count). The van der Waals surface area contributed by atoms with E-state index in [4.69, 9.17) is 39.5 Å². The second kappa shape index (κ2) is 6.98. The van der Waals surface area contributed by atoms with E-state index in [1.54, 1.807) is 0 Å². The highest BCUT2D eigenvalue weighted by Crippen LogP contribution is 2.29. The molecule has 0 radical (unpaired) electrons. The van der Waals surface area contributed by atoms with Crippen LogP contribution >= 0.6 is 34.8 Å². The predicted molar refractivity (Wildman–Crippen MR) is 71.7 cm³/mol. The van der Waals surface area contributed by atoms with E-state index in [1.807, 2.05) is 6.92 Å². The predicted octanol–water partition coefficient (Wildman–Crippen LogP) is 4.17. The van der Waals surface area contributed by atoms with E-state index < -0.39 is 11.8 Å². The average Bonchev–Trinajstić information content (AvgIpc) is 2.24. The molecule has 98 valence electrons. The van der Waals surface area contributed by atoms with Gasteiger partial charge in [-0.3, -0.25) is 9.59 Å². The summed E-state index contributed by atoms with van der Waals surface area (Å²) < 4.78 is 4.81. The first kappa shape index (κ1) is 15.3. The zero-order valence-corrected chi connectivity index (χ0v) is 11.9. The number of rotatable bonds is 5. The number of ether oxygens (including phenoxy) is 1. The van der Waals surface area contributed by atoms with Gasteiger partial charge in [0, 0.05) is 5.02 Å². The van der Waals surface area contributed by atoms with Gasteiger partial charge in [0.25, 0.3) is 0 Å². The van der Waals surface area contributed by atoms with Crippen molar-refractivity contribution in [2.75, 3.05) is 6.61 Å². The molecule has 0 spiro atoms. The number of carbonyl (C=O) groups is 2. The fraction of sp³-hybridized carbons (Fsp3) is 0.333. The third kappa shape index (κ3) is 4.16. The van der Waals surface area contributed by atoms with E-state index >= 15 is 0 Å². The molecule has 0 bridgehead atoms. The van der Waals surface area contributed by atoms with Gasteiger partial charge in [-0.25, -0.2) is 0 Å². The van der Waals surface area contributed by atoms with E-state index in [0.29, 0.717) is 11.4 Å². The Labute approximate surface area is 120 Å². The van der Waals surface area contributed by atoms with Crippen LogP contribution in [-0.4, -0.2) is 18.4 Å². The van der Waals surface area contributed by atoms with Gasteiger partial charge in [-0.05, 0) is 18.6 Å². The van der Waals surface area contributed by atoms with Gasteiger partial charge in [0.2, 0.25) is 0 Å². The second-order valence-corrected chi connectivity index (χ2v) is 4.82. The number of esters is 1. The summed E-state index contributed by atoms with van der Waals surface area (Å²) in [5.74, 6) is -1.08. The van der Waals surface area contributed by atoms with Gasteiger partial charge < -0.3 is 4.74 Å². The molecule has 3 nitrogen and oxygen atoms in total. The van der Waals surface area contributed by atoms with Crippen molar-refractivity contribution in [3.05, 3.63) is 32.8 Å². The second-order valence-electron chi connectivity index (χ2n) is 3.56. The summed E-state index contributed by atoms with van der Waals surface area (Å²) in [6, 6.07) is 2.80. The highest BCUT2D eigenvalue weighted by atomic mass is 35.5. The lowest BCUT2D eigenvalue weighted by atomic mass is 10.1. The van der Waals surface area contributed by atoms with Gasteiger partial charge in [0.05, 0.1) is 22.2 Å². The molecule has 0 fully saturated rings. The molecule has 0 saturated carbocycles. The normalized spacial score (nSPS) is 10.2. The first-order valence-corrected chi connectivity index (χ1v) is 6.42. The summed E-state index contributed by atoms with van der Waals surface area (Å²) in [4.78, 5) is 23.2. The molecule has 1 aromatic rings. The Morgan fingerprint density at radius 2 is 1.72 bits per heavy atom. The molecule has 0 saturated heterocycles. The molecule has 0 N–H and O–H groups in total. The Morgan fingerprint density at radius 3 is 2.22 bits per heavy atom. The summed E-state index contributed by atoms with van der Waals surface area (Å²) >= 11 is 17.5. The SMILES string of the molecule is CCCOC(=O)CC(=O)c1c(Cl)cc(Cl)cc1Cl. The van der Waals surface area contributed by atoms with E-state index in [1.165, 1.54) is 12.1 Å². The van der Waals surface area contributed by atoms with Gasteiger partial charge in [-0.15, -0.1) is 0 Å². The summed E-state index contributed by atoms with van der Waals surface area (Å²) in [6.45, 7) is 2.15.